The lowest BCUT2D eigenvalue weighted by Crippen LogP contribution is -2.11. The Kier molecular flexibility index (Phi) is 2.64. The highest BCUT2D eigenvalue weighted by Gasteiger charge is 2.06. The molecule has 3 aromatic rings. The number of nitrogens with one attached hydrogen (secondary N) is 1. The summed E-state index contributed by atoms with van der Waals surface area (Å²) >= 11 is 0. The van der Waals surface area contributed by atoms with Crippen LogP contribution in [0.5, 0.6) is 0 Å². The normalized spacial score (nSPS) is 11.9. The molecule has 0 amide bonds. The van der Waals surface area contributed by atoms with Crippen molar-refractivity contribution in [2.75, 3.05) is 0 Å². The number of fused-ring (bicyclic) bond motifs is 1. The van der Waals surface area contributed by atoms with E-state index in [0.717, 1.165) is 0 Å². The molecule has 94 valence electrons. The van der Waals surface area contributed by atoms with E-state index in [9.17, 15) is 9.90 Å². The van der Waals surface area contributed by atoms with Gasteiger partial charge in [-0.25, -0.2) is 4.98 Å². The molecule has 5 nitrogen and oxygen atoms in total. The van der Waals surface area contributed by atoms with Crippen LogP contribution in [-0.4, -0.2) is 15.1 Å². The first-order valence-electron chi connectivity index (χ1n) is 5.67. The van der Waals surface area contributed by atoms with Crippen LogP contribution in [-0.2, 0) is 0 Å². The first-order valence-corrected chi connectivity index (χ1v) is 5.67. The summed E-state index contributed by atoms with van der Waals surface area (Å²) in [6.45, 7) is 0. The molecular formula is C14H10N2O3. The summed E-state index contributed by atoms with van der Waals surface area (Å²) in [6, 6.07) is 10.4. The Hall–Kier alpha value is -2.82. The molecule has 3 rings (SSSR count). The van der Waals surface area contributed by atoms with Gasteiger partial charge in [-0.2, -0.15) is 0 Å². The highest BCUT2D eigenvalue weighted by molar-refractivity contribution is 5.78. The molecule has 0 aliphatic rings. The molecule has 0 atom stereocenters. The van der Waals surface area contributed by atoms with Crippen LogP contribution < -0.4 is 5.56 Å². The minimum absolute atomic E-state index is 0.132. The van der Waals surface area contributed by atoms with Gasteiger partial charge in [0.15, 0.2) is 11.5 Å². The van der Waals surface area contributed by atoms with Gasteiger partial charge in [-0.3, -0.25) is 4.79 Å². The van der Waals surface area contributed by atoms with Crippen LogP contribution in [0.25, 0.3) is 22.9 Å². The number of rotatable bonds is 2. The number of hydrogen-bond acceptors (Lipinski definition) is 4. The summed E-state index contributed by atoms with van der Waals surface area (Å²) in [5.41, 5.74) is 1.08. The molecule has 0 saturated carbocycles. The van der Waals surface area contributed by atoms with E-state index in [0.29, 0.717) is 11.0 Å². The molecule has 0 spiro atoms. The van der Waals surface area contributed by atoms with Gasteiger partial charge in [-0.05, 0) is 24.3 Å². The minimum atomic E-state index is -0.364. The second kappa shape index (κ2) is 4.45. The first-order chi connectivity index (χ1) is 9.24. The molecule has 5 heteroatoms. The number of furan rings is 1. The van der Waals surface area contributed by atoms with Crippen molar-refractivity contribution >= 4 is 22.9 Å². The third-order valence-corrected chi connectivity index (χ3v) is 2.67. The maximum atomic E-state index is 11.8. The molecule has 2 aromatic heterocycles. The van der Waals surface area contributed by atoms with Gasteiger partial charge in [0, 0.05) is 6.08 Å². The Morgan fingerprint density at radius 1 is 1.26 bits per heavy atom. The van der Waals surface area contributed by atoms with Crippen molar-refractivity contribution < 1.29 is 9.52 Å². The van der Waals surface area contributed by atoms with Crippen molar-refractivity contribution in [3.05, 3.63) is 64.5 Å². The molecule has 0 bridgehead atoms. The molecule has 2 N–H and O–H groups in total. The lowest BCUT2D eigenvalue weighted by molar-refractivity contribution is 0.462. The van der Waals surface area contributed by atoms with E-state index in [1.54, 1.807) is 24.3 Å². The first kappa shape index (κ1) is 11.3. The number of hydrogen-bond donors (Lipinski definition) is 2. The highest BCUT2D eigenvalue weighted by Crippen LogP contribution is 2.14. The number of nitrogens with zero attached hydrogens (tertiary/aromatic N) is 1. The fraction of sp³-hybridized carbons (Fsp3) is 0. The zero-order valence-corrected chi connectivity index (χ0v) is 9.83. The van der Waals surface area contributed by atoms with E-state index in [1.807, 2.05) is 12.1 Å². The molecule has 0 radical (unpaired) electrons. The Labute approximate surface area is 107 Å². The minimum Gasteiger partial charge on any atom is -0.504 e. The van der Waals surface area contributed by atoms with Crippen LogP contribution in [0.3, 0.4) is 0 Å². The molecule has 0 saturated heterocycles. The monoisotopic (exact) mass is 254 g/mol. The second-order valence-electron chi connectivity index (χ2n) is 3.98. The second-order valence-corrected chi connectivity index (χ2v) is 3.98. The average Bonchev–Trinajstić information content (AvgIpc) is 2.93. The third-order valence-electron chi connectivity index (χ3n) is 2.67. The number of aromatic nitrogens is 2. The van der Waals surface area contributed by atoms with Crippen LogP contribution in [0.2, 0.25) is 0 Å². The maximum Gasteiger partial charge on any atom is 0.274 e. The van der Waals surface area contributed by atoms with Gasteiger partial charge in [0.05, 0.1) is 17.3 Å². The van der Waals surface area contributed by atoms with Gasteiger partial charge in [-0.15, -0.1) is 0 Å². The quantitative estimate of drug-likeness (QED) is 0.689. The van der Waals surface area contributed by atoms with E-state index in [2.05, 4.69) is 9.97 Å². The summed E-state index contributed by atoms with van der Waals surface area (Å²) in [5.74, 6) is 0.146. The predicted molar refractivity (Wildman–Crippen MR) is 71.6 cm³/mol. The van der Waals surface area contributed by atoms with Crippen LogP contribution in [0, 0.1) is 0 Å². The van der Waals surface area contributed by atoms with E-state index in [-0.39, 0.29) is 22.8 Å². The van der Waals surface area contributed by atoms with Gasteiger partial charge in [0.1, 0.15) is 5.69 Å². The summed E-state index contributed by atoms with van der Waals surface area (Å²) in [5, 5.41) is 9.83. The fourth-order valence-electron chi connectivity index (χ4n) is 1.77. The van der Waals surface area contributed by atoms with E-state index in [1.165, 1.54) is 12.3 Å². The number of H-pyrrole nitrogens is 1. The van der Waals surface area contributed by atoms with Crippen molar-refractivity contribution in [1.82, 2.24) is 9.97 Å². The van der Waals surface area contributed by atoms with Gasteiger partial charge in [0.25, 0.3) is 5.56 Å². The van der Waals surface area contributed by atoms with Gasteiger partial charge >= 0.3 is 0 Å². The number of aliphatic hydroxyl groups excluding tert-OH is 1. The molecule has 0 aliphatic carbocycles. The topological polar surface area (TPSA) is 79.1 Å². The van der Waals surface area contributed by atoms with Crippen LogP contribution in [0.1, 0.15) is 11.5 Å². The standard InChI is InChI=1S/C14H10N2O3/c17-12(13-6-3-7-19-13)8-11-14(18)16-10-5-2-1-4-9(10)15-11/h1-8,17H,(H,16,18). The van der Waals surface area contributed by atoms with Gasteiger partial charge in [-0.1, -0.05) is 12.1 Å². The van der Waals surface area contributed by atoms with Crippen molar-refractivity contribution in [2.45, 2.75) is 0 Å². The zero-order chi connectivity index (χ0) is 13.2. The molecule has 0 unspecified atom stereocenters. The Morgan fingerprint density at radius 2 is 2.11 bits per heavy atom. The van der Waals surface area contributed by atoms with Crippen LogP contribution >= 0.6 is 0 Å². The molecule has 2 heterocycles. The number of benzene rings is 1. The third kappa shape index (κ3) is 2.13. The number of aromatic amines is 1. The molecule has 19 heavy (non-hydrogen) atoms. The largest absolute Gasteiger partial charge is 0.504 e. The lowest BCUT2D eigenvalue weighted by atomic mass is 10.2. The Bertz CT molecular complexity index is 801. The molecule has 0 fully saturated rings. The van der Waals surface area contributed by atoms with Crippen LogP contribution in [0.15, 0.2) is 51.9 Å². The zero-order valence-electron chi connectivity index (χ0n) is 9.83. The maximum absolute atomic E-state index is 11.8. The van der Waals surface area contributed by atoms with Crippen molar-refractivity contribution in [2.24, 2.45) is 0 Å². The van der Waals surface area contributed by atoms with Crippen molar-refractivity contribution in [3.8, 4) is 0 Å². The molecule has 0 aliphatic heterocycles. The summed E-state index contributed by atoms with van der Waals surface area (Å²) < 4.78 is 5.04. The smallest absolute Gasteiger partial charge is 0.274 e. The Morgan fingerprint density at radius 3 is 2.89 bits per heavy atom. The summed E-state index contributed by atoms with van der Waals surface area (Å²) in [6.07, 6.45) is 2.72. The summed E-state index contributed by atoms with van der Waals surface area (Å²) in [4.78, 5) is 18.7. The number of para-hydroxylation sites is 2. The van der Waals surface area contributed by atoms with Gasteiger partial charge < -0.3 is 14.5 Å². The van der Waals surface area contributed by atoms with Crippen molar-refractivity contribution in [1.29, 1.82) is 0 Å². The molecule has 1 aromatic carbocycles. The van der Waals surface area contributed by atoms with Gasteiger partial charge in [0.2, 0.25) is 0 Å². The number of aliphatic hydroxyl groups is 1. The molecular weight excluding hydrogens is 244 g/mol. The SMILES string of the molecule is O=c1[nH]c2ccccc2nc1C=C(O)c1ccco1. The summed E-state index contributed by atoms with van der Waals surface area (Å²) in [7, 11) is 0. The van der Waals surface area contributed by atoms with E-state index >= 15 is 0 Å². The average molecular weight is 254 g/mol. The predicted octanol–water partition coefficient (Wildman–Crippen LogP) is 2.57. The Balaban J connectivity index is 2.13. The highest BCUT2D eigenvalue weighted by atomic mass is 16.4. The lowest BCUT2D eigenvalue weighted by Gasteiger charge is -1.99. The fourth-order valence-corrected chi connectivity index (χ4v) is 1.77. The van der Waals surface area contributed by atoms with Crippen molar-refractivity contribution in [3.63, 3.8) is 0 Å². The van der Waals surface area contributed by atoms with E-state index in [4.69, 9.17) is 4.42 Å². The van der Waals surface area contributed by atoms with Crippen LogP contribution in [0.4, 0.5) is 0 Å². The van der Waals surface area contributed by atoms with E-state index < -0.39 is 0 Å².